The SMILES string of the molecule is O=S(=O)(c1ccccc1)N(Cc1ccccc1)C[C@@H](O)COc1ccc2oc3ccccc3c2c1. The first-order valence-electron chi connectivity index (χ1n) is 11.3. The van der Waals surface area contributed by atoms with Crippen LogP contribution in [0.15, 0.2) is 112 Å². The molecule has 0 aliphatic heterocycles. The van der Waals surface area contributed by atoms with E-state index in [1.165, 1.54) is 4.31 Å². The molecule has 5 rings (SSSR count). The predicted octanol–water partition coefficient (Wildman–Crippen LogP) is 5.22. The fraction of sp³-hybridized carbons (Fsp3) is 0.143. The van der Waals surface area contributed by atoms with Gasteiger partial charge >= 0.3 is 0 Å². The number of aliphatic hydroxyl groups is 1. The summed E-state index contributed by atoms with van der Waals surface area (Å²) in [5.74, 6) is 0.573. The summed E-state index contributed by atoms with van der Waals surface area (Å²) in [6.45, 7) is -0.0258. The summed E-state index contributed by atoms with van der Waals surface area (Å²) in [4.78, 5) is 0.182. The van der Waals surface area contributed by atoms with Crippen LogP contribution in [-0.4, -0.2) is 37.1 Å². The summed E-state index contributed by atoms with van der Waals surface area (Å²) in [5.41, 5.74) is 2.38. The Morgan fingerprint density at radius 2 is 1.46 bits per heavy atom. The number of hydrogen-bond acceptors (Lipinski definition) is 5. The minimum Gasteiger partial charge on any atom is -0.491 e. The average molecular weight is 488 g/mol. The molecule has 0 radical (unpaired) electrons. The van der Waals surface area contributed by atoms with E-state index in [9.17, 15) is 13.5 Å². The van der Waals surface area contributed by atoms with Crippen molar-refractivity contribution in [3.05, 3.63) is 109 Å². The Morgan fingerprint density at radius 1 is 0.800 bits per heavy atom. The number of sulfonamides is 1. The van der Waals surface area contributed by atoms with Gasteiger partial charge in [-0.25, -0.2) is 8.42 Å². The Labute approximate surface area is 204 Å². The van der Waals surface area contributed by atoms with E-state index in [-0.39, 0.29) is 24.6 Å². The number of ether oxygens (including phenoxy) is 1. The van der Waals surface area contributed by atoms with Gasteiger partial charge in [-0.1, -0.05) is 66.7 Å². The molecule has 0 bridgehead atoms. The fourth-order valence-electron chi connectivity index (χ4n) is 4.05. The lowest BCUT2D eigenvalue weighted by Gasteiger charge is -2.25. The van der Waals surface area contributed by atoms with Gasteiger partial charge in [0.25, 0.3) is 0 Å². The standard InChI is InChI=1S/C28H25NO5S/c30-22(20-33-23-15-16-28-26(17-23)25-13-7-8-14-27(25)34-28)19-29(18-21-9-3-1-4-10-21)35(31,32)24-11-5-2-6-12-24/h1-17,22,30H,18-20H2/t22-/m1/s1. The molecular formula is C28H25NO5S. The summed E-state index contributed by atoms with van der Waals surface area (Å²) < 4.78 is 39.7. The molecule has 0 aliphatic carbocycles. The Balaban J connectivity index is 1.33. The van der Waals surface area contributed by atoms with Crippen LogP contribution in [0.3, 0.4) is 0 Å². The Kier molecular flexibility index (Phi) is 6.55. The van der Waals surface area contributed by atoms with Gasteiger partial charge < -0.3 is 14.3 Å². The fourth-order valence-corrected chi connectivity index (χ4v) is 5.54. The summed E-state index contributed by atoms with van der Waals surface area (Å²) in [6.07, 6.45) is -1.03. The molecule has 4 aromatic carbocycles. The maximum Gasteiger partial charge on any atom is 0.243 e. The van der Waals surface area contributed by atoms with E-state index in [1.807, 2.05) is 66.7 Å². The van der Waals surface area contributed by atoms with Crippen molar-refractivity contribution in [3.63, 3.8) is 0 Å². The largest absolute Gasteiger partial charge is 0.491 e. The van der Waals surface area contributed by atoms with Crippen LogP contribution < -0.4 is 4.74 Å². The van der Waals surface area contributed by atoms with Gasteiger partial charge in [0.15, 0.2) is 0 Å². The van der Waals surface area contributed by atoms with Gasteiger partial charge in [-0.2, -0.15) is 4.31 Å². The van der Waals surface area contributed by atoms with Gasteiger partial charge in [0.1, 0.15) is 29.6 Å². The van der Waals surface area contributed by atoms with E-state index in [0.717, 1.165) is 27.5 Å². The Bertz CT molecular complexity index is 1530. The normalized spacial score (nSPS) is 12.9. The van der Waals surface area contributed by atoms with Gasteiger partial charge in [-0.15, -0.1) is 0 Å². The molecule has 0 amide bonds. The maximum atomic E-state index is 13.4. The van der Waals surface area contributed by atoms with Crippen LogP contribution in [0, 0.1) is 0 Å². The molecule has 0 unspecified atom stereocenters. The molecule has 0 saturated heterocycles. The molecule has 6 nitrogen and oxygen atoms in total. The summed E-state index contributed by atoms with van der Waals surface area (Å²) >= 11 is 0. The summed E-state index contributed by atoms with van der Waals surface area (Å²) in [6, 6.07) is 30.8. The number of furan rings is 1. The zero-order valence-corrected chi connectivity index (χ0v) is 19.8. The van der Waals surface area contributed by atoms with Gasteiger partial charge in [0.05, 0.1) is 4.90 Å². The first kappa shape index (κ1) is 23.1. The molecule has 7 heteroatoms. The summed E-state index contributed by atoms with van der Waals surface area (Å²) in [5, 5.41) is 12.7. The third-order valence-electron chi connectivity index (χ3n) is 5.79. The molecule has 5 aromatic rings. The van der Waals surface area contributed by atoms with Crippen molar-refractivity contribution in [2.24, 2.45) is 0 Å². The van der Waals surface area contributed by atoms with E-state index >= 15 is 0 Å². The molecule has 1 heterocycles. The van der Waals surface area contributed by atoms with Crippen LogP contribution in [0.4, 0.5) is 0 Å². The molecule has 35 heavy (non-hydrogen) atoms. The molecule has 178 valence electrons. The smallest absolute Gasteiger partial charge is 0.243 e. The number of rotatable bonds is 9. The highest BCUT2D eigenvalue weighted by atomic mass is 32.2. The van der Waals surface area contributed by atoms with Crippen molar-refractivity contribution < 1.29 is 22.7 Å². The van der Waals surface area contributed by atoms with Gasteiger partial charge in [-0.05, 0) is 42.0 Å². The number of fused-ring (bicyclic) bond motifs is 3. The highest BCUT2D eigenvalue weighted by Gasteiger charge is 2.27. The highest BCUT2D eigenvalue weighted by Crippen LogP contribution is 2.31. The van der Waals surface area contributed by atoms with Crippen LogP contribution in [0.25, 0.3) is 21.9 Å². The topological polar surface area (TPSA) is 80.0 Å². The van der Waals surface area contributed by atoms with Crippen molar-refractivity contribution >= 4 is 32.0 Å². The van der Waals surface area contributed by atoms with Crippen molar-refractivity contribution in [3.8, 4) is 5.75 Å². The minimum atomic E-state index is -3.82. The molecule has 0 fully saturated rings. The number of hydrogen-bond donors (Lipinski definition) is 1. The quantitative estimate of drug-likeness (QED) is 0.308. The third-order valence-corrected chi connectivity index (χ3v) is 7.61. The zero-order chi connectivity index (χ0) is 24.3. The highest BCUT2D eigenvalue weighted by molar-refractivity contribution is 7.89. The Hall–Kier alpha value is -3.65. The molecular weight excluding hydrogens is 462 g/mol. The Morgan fingerprint density at radius 3 is 2.23 bits per heavy atom. The number of para-hydroxylation sites is 1. The molecule has 1 atom stereocenters. The second-order valence-corrected chi connectivity index (χ2v) is 10.3. The van der Waals surface area contributed by atoms with Gasteiger partial charge in [-0.3, -0.25) is 0 Å². The number of aliphatic hydroxyl groups excluding tert-OH is 1. The van der Waals surface area contributed by atoms with E-state index in [1.54, 1.807) is 36.4 Å². The van der Waals surface area contributed by atoms with Crippen LogP contribution in [0.2, 0.25) is 0 Å². The minimum absolute atomic E-state index is 0.0586. The second-order valence-electron chi connectivity index (χ2n) is 8.32. The van der Waals surface area contributed by atoms with Crippen LogP contribution in [0.5, 0.6) is 5.75 Å². The monoisotopic (exact) mass is 487 g/mol. The predicted molar refractivity (Wildman–Crippen MR) is 136 cm³/mol. The van der Waals surface area contributed by atoms with Crippen molar-refractivity contribution in [2.45, 2.75) is 17.5 Å². The van der Waals surface area contributed by atoms with Gasteiger partial charge in [0.2, 0.25) is 10.0 Å². The lowest BCUT2D eigenvalue weighted by atomic mass is 10.1. The van der Waals surface area contributed by atoms with E-state index < -0.39 is 16.1 Å². The van der Waals surface area contributed by atoms with Gasteiger partial charge in [0, 0.05) is 23.9 Å². The van der Waals surface area contributed by atoms with Crippen molar-refractivity contribution in [1.82, 2.24) is 4.31 Å². The molecule has 0 spiro atoms. The molecule has 0 aliphatic rings. The van der Waals surface area contributed by atoms with Crippen LogP contribution in [-0.2, 0) is 16.6 Å². The van der Waals surface area contributed by atoms with Crippen molar-refractivity contribution in [2.75, 3.05) is 13.2 Å². The average Bonchev–Trinajstić information content (AvgIpc) is 3.26. The first-order valence-corrected chi connectivity index (χ1v) is 12.8. The van der Waals surface area contributed by atoms with E-state index in [4.69, 9.17) is 9.15 Å². The third kappa shape index (κ3) is 5.07. The lowest BCUT2D eigenvalue weighted by molar-refractivity contribution is 0.0881. The van der Waals surface area contributed by atoms with Crippen LogP contribution in [0.1, 0.15) is 5.56 Å². The van der Waals surface area contributed by atoms with Crippen LogP contribution >= 0.6 is 0 Å². The zero-order valence-electron chi connectivity index (χ0n) is 18.9. The number of nitrogens with zero attached hydrogens (tertiary/aromatic N) is 1. The van der Waals surface area contributed by atoms with Crippen molar-refractivity contribution in [1.29, 1.82) is 0 Å². The number of benzene rings is 4. The lowest BCUT2D eigenvalue weighted by Crippen LogP contribution is -2.39. The second kappa shape index (κ2) is 9.92. The van der Waals surface area contributed by atoms with E-state index in [0.29, 0.717) is 5.75 Å². The first-order chi connectivity index (χ1) is 17.0. The summed E-state index contributed by atoms with van der Waals surface area (Å²) in [7, 11) is -3.82. The van der Waals surface area contributed by atoms with E-state index in [2.05, 4.69) is 0 Å². The molecule has 1 aromatic heterocycles. The molecule has 0 saturated carbocycles. The molecule has 1 N–H and O–H groups in total. The maximum absolute atomic E-state index is 13.4.